The highest BCUT2D eigenvalue weighted by Gasteiger charge is 1.95. The summed E-state index contributed by atoms with van der Waals surface area (Å²) < 4.78 is 0. The molecule has 0 N–H and O–H groups in total. The van der Waals surface area contributed by atoms with Crippen molar-refractivity contribution in [2.24, 2.45) is 5.92 Å². The Labute approximate surface area is 88.7 Å². The summed E-state index contributed by atoms with van der Waals surface area (Å²) in [5.74, 6) is 0.644. The van der Waals surface area contributed by atoms with Gasteiger partial charge in [-0.2, -0.15) is 0 Å². The third-order valence-corrected chi connectivity index (χ3v) is 2.10. The van der Waals surface area contributed by atoms with E-state index in [0.717, 1.165) is 0 Å². The van der Waals surface area contributed by atoms with E-state index in [0.29, 0.717) is 5.92 Å². The van der Waals surface area contributed by atoms with Gasteiger partial charge >= 0.3 is 0 Å². The van der Waals surface area contributed by atoms with Crippen molar-refractivity contribution in [3.8, 4) is 0 Å². The van der Waals surface area contributed by atoms with Crippen LogP contribution < -0.4 is 0 Å². The molecule has 0 heterocycles. The lowest BCUT2D eigenvalue weighted by Gasteiger charge is -2.04. The monoisotopic (exact) mass is 190 g/mol. The first-order valence-electron chi connectivity index (χ1n) is 5.43. The molecule has 0 saturated carbocycles. The summed E-state index contributed by atoms with van der Waals surface area (Å²) in [7, 11) is 0. The Hall–Kier alpha value is -1.04. The van der Waals surface area contributed by atoms with Crippen LogP contribution in [0.25, 0.3) is 6.08 Å². The summed E-state index contributed by atoms with van der Waals surface area (Å²) in [6, 6.07) is 10.4. The highest BCUT2D eigenvalue weighted by Crippen LogP contribution is 2.12. The van der Waals surface area contributed by atoms with E-state index in [2.05, 4.69) is 51.1 Å². The van der Waals surface area contributed by atoms with Crippen LogP contribution in [-0.2, 0) is 0 Å². The predicted molar refractivity (Wildman–Crippen MR) is 66.3 cm³/mol. The minimum atomic E-state index is 0.644. The molecule has 0 unspecified atom stereocenters. The topological polar surface area (TPSA) is 0 Å². The van der Waals surface area contributed by atoms with Gasteiger partial charge in [0.1, 0.15) is 0 Å². The molecule has 1 aromatic carbocycles. The van der Waals surface area contributed by atoms with Gasteiger partial charge in [0.2, 0.25) is 0 Å². The molecule has 0 nitrogen and oxygen atoms in total. The van der Waals surface area contributed by atoms with Gasteiger partial charge in [-0.3, -0.25) is 0 Å². The Balaban J connectivity index is 0.000000791. The van der Waals surface area contributed by atoms with Gasteiger partial charge in [-0.15, -0.1) is 0 Å². The molecule has 0 bridgehead atoms. The molecule has 0 radical (unpaired) electrons. The van der Waals surface area contributed by atoms with Crippen molar-refractivity contribution in [1.29, 1.82) is 0 Å². The zero-order valence-electron chi connectivity index (χ0n) is 10.0. The third-order valence-electron chi connectivity index (χ3n) is 2.10. The molecule has 14 heavy (non-hydrogen) atoms. The van der Waals surface area contributed by atoms with Crippen LogP contribution in [0.5, 0.6) is 0 Å². The lowest BCUT2D eigenvalue weighted by molar-refractivity contribution is 0.776. The van der Waals surface area contributed by atoms with E-state index in [9.17, 15) is 0 Å². The van der Waals surface area contributed by atoms with Gasteiger partial charge in [-0.1, -0.05) is 69.7 Å². The van der Waals surface area contributed by atoms with E-state index in [1.54, 1.807) is 0 Å². The van der Waals surface area contributed by atoms with Crippen molar-refractivity contribution in [2.45, 2.75) is 34.6 Å². The van der Waals surface area contributed by atoms with E-state index in [1.807, 2.05) is 19.9 Å². The average Bonchev–Trinajstić information content (AvgIpc) is 2.22. The Morgan fingerprint density at radius 1 is 1.07 bits per heavy atom. The van der Waals surface area contributed by atoms with Gasteiger partial charge in [0.15, 0.2) is 0 Å². The molecule has 0 spiro atoms. The zero-order valence-corrected chi connectivity index (χ0v) is 10.0. The van der Waals surface area contributed by atoms with E-state index < -0.39 is 0 Å². The standard InChI is InChI=1S/C12H16.C2H6/c1-10(2)11(3)9-12-7-5-4-6-8-12;1-2/h4-10H,1-3H3;1-2H3/b11-9+;. The predicted octanol–water partition coefficient (Wildman–Crippen LogP) is 4.77. The van der Waals surface area contributed by atoms with Crippen LogP contribution in [-0.4, -0.2) is 0 Å². The highest BCUT2D eigenvalue weighted by molar-refractivity contribution is 5.52. The first kappa shape index (κ1) is 13.0. The number of hydrogen-bond acceptors (Lipinski definition) is 0. The van der Waals surface area contributed by atoms with Crippen LogP contribution in [0.2, 0.25) is 0 Å². The van der Waals surface area contributed by atoms with E-state index in [4.69, 9.17) is 0 Å². The van der Waals surface area contributed by atoms with Crippen LogP contribution >= 0.6 is 0 Å². The number of benzene rings is 1. The molecule has 1 aromatic rings. The first-order valence-corrected chi connectivity index (χ1v) is 5.43. The van der Waals surface area contributed by atoms with Crippen molar-refractivity contribution < 1.29 is 0 Å². The number of allylic oxidation sites excluding steroid dienone is 1. The van der Waals surface area contributed by atoms with Gasteiger partial charge < -0.3 is 0 Å². The summed E-state index contributed by atoms with van der Waals surface area (Å²) in [5, 5.41) is 0. The largest absolute Gasteiger partial charge is 0.0702 e. The normalized spacial score (nSPS) is 10.9. The molecule has 0 aliphatic rings. The second kappa shape index (κ2) is 7.37. The SMILES string of the molecule is C/C(=C\c1ccccc1)C(C)C.CC. The van der Waals surface area contributed by atoms with Gasteiger partial charge in [0, 0.05) is 0 Å². The van der Waals surface area contributed by atoms with Crippen molar-refractivity contribution in [3.05, 3.63) is 41.5 Å². The molecule has 0 amide bonds. The fourth-order valence-corrected chi connectivity index (χ4v) is 0.979. The molecule has 0 aliphatic heterocycles. The molecule has 1 rings (SSSR count). The van der Waals surface area contributed by atoms with Crippen LogP contribution in [0.4, 0.5) is 0 Å². The maximum absolute atomic E-state index is 2.24. The fourth-order valence-electron chi connectivity index (χ4n) is 0.979. The van der Waals surface area contributed by atoms with Crippen molar-refractivity contribution in [3.63, 3.8) is 0 Å². The second-order valence-corrected chi connectivity index (χ2v) is 3.45. The van der Waals surface area contributed by atoms with Crippen molar-refractivity contribution in [1.82, 2.24) is 0 Å². The Morgan fingerprint density at radius 2 is 1.57 bits per heavy atom. The van der Waals surface area contributed by atoms with E-state index in [1.165, 1.54) is 11.1 Å². The van der Waals surface area contributed by atoms with Crippen molar-refractivity contribution in [2.75, 3.05) is 0 Å². The molecular weight excluding hydrogens is 168 g/mol. The third kappa shape index (κ3) is 4.86. The van der Waals surface area contributed by atoms with Crippen LogP contribution in [0.1, 0.15) is 40.2 Å². The van der Waals surface area contributed by atoms with Crippen LogP contribution in [0.15, 0.2) is 35.9 Å². The minimum absolute atomic E-state index is 0.644. The summed E-state index contributed by atoms with van der Waals surface area (Å²) in [4.78, 5) is 0. The minimum Gasteiger partial charge on any atom is -0.0702 e. The maximum atomic E-state index is 2.24. The van der Waals surface area contributed by atoms with Crippen molar-refractivity contribution >= 4 is 6.08 Å². The Kier molecular flexibility index (Phi) is 6.82. The highest BCUT2D eigenvalue weighted by atomic mass is 14.0. The quantitative estimate of drug-likeness (QED) is 0.630. The van der Waals surface area contributed by atoms with Crippen LogP contribution in [0, 0.1) is 5.92 Å². The molecule has 0 aliphatic carbocycles. The number of hydrogen-bond donors (Lipinski definition) is 0. The molecular formula is C14H22. The summed E-state index contributed by atoms with van der Waals surface area (Å²) in [5.41, 5.74) is 2.73. The molecule has 0 atom stereocenters. The Bertz CT molecular complexity index is 255. The summed E-state index contributed by atoms with van der Waals surface area (Å²) in [6.07, 6.45) is 2.24. The maximum Gasteiger partial charge on any atom is -0.0257 e. The smallest absolute Gasteiger partial charge is 0.0257 e. The summed E-state index contributed by atoms with van der Waals surface area (Å²) in [6.45, 7) is 10.6. The Morgan fingerprint density at radius 3 is 2.00 bits per heavy atom. The molecule has 0 fully saturated rings. The molecule has 0 aromatic heterocycles. The second-order valence-electron chi connectivity index (χ2n) is 3.45. The summed E-state index contributed by atoms with van der Waals surface area (Å²) >= 11 is 0. The number of rotatable bonds is 2. The van der Waals surface area contributed by atoms with E-state index >= 15 is 0 Å². The average molecular weight is 190 g/mol. The van der Waals surface area contributed by atoms with Crippen LogP contribution in [0.3, 0.4) is 0 Å². The lowest BCUT2D eigenvalue weighted by atomic mass is 10.0. The first-order chi connectivity index (χ1) is 6.70. The molecule has 0 heteroatoms. The molecule has 0 saturated heterocycles. The van der Waals surface area contributed by atoms with Gasteiger partial charge in [0.05, 0.1) is 0 Å². The lowest BCUT2D eigenvalue weighted by Crippen LogP contribution is -1.87. The van der Waals surface area contributed by atoms with E-state index in [-0.39, 0.29) is 0 Å². The van der Waals surface area contributed by atoms with Gasteiger partial charge in [-0.25, -0.2) is 0 Å². The zero-order chi connectivity index (χ0) is 11.0. The fraction of sp³-hybridized carbons (Fsp3) is 0.429. The molecule has 78 valence electrons. The van der Waals surface area contributed by atoms with Gasteiger partial charge in [0.25, 0.3) is 0 Å². The van der Waals surface area contributed by atoms with Gasteiger partial charge in [-0.05, 0) is 18.4 Å².